The molecule has 0 bridgehead atoms. The van der Waals surface area contributed by atoms with Crippen molar-refractivity contribution in [3.8, 4) is 28.5 Å². The van der Waals surface area contributed by atoms with E-state index in [-0.39, 0.29) is 25.1 Å². The number of para-hydroxylation sites is 1. The third-order valence-electron chi connectivity index (χ3n) is 5.46. The number of carbonyl (C=O) groups excluding carboxylic acids is 1. The van der Waals surface area contributed by atoms with Gasteiger partial charge in [-0.1, -0.05) is 12.1 Å². The van der Waals surface area contributed by atoms with E-state index in [4.69, 9.17) is 14.2 Å². The SMILES string of the molecule is O=C(COc1ccccc1F)N1CCN(c2ccc(-c3ccc4c(c3)OCO4)nn2)CC1. The lowest BCUT2D eigenvalue weighted by atomic mass is 10.1. The highest BCUT2D eigenvalue weighted by Crippen LogP contribution is 2.35. The van der Waals surface area contributed by atoms with Crippen LogP contribution in [0.4, 0.5) is 10.2 Å². The Morgan fingerprint density at radius 3 is 2.56 bits per heavy atom. The first-order valence-electron chi connectivity index (χ1n) is 10.3. The third kappa shape index (κ3) is 4.14. The highest BCUT2D eigenvalue weighted by molar-refractivity contribution is 5.78. The summed E-state index contributed by atoms with van der Waals surface area (Å²) < 4.78 is 29.7. The van der Waals surface area contributed by atoms with Crippen molar-refractivity contribution in [2.75, 3.05) is 44.5 Å². The van der Waals surface area contributed by atoms with Crippen LogP contribution >= 0.6 is 0 Å². The number of rotatable bonds is 5. The van der Waals surface area contributed by atoms with E-state index in [9.17, 15) is 9.18 Å². The topological polar surface area (TPSA) is 77.0 Å². The van der Waals surface area contributed by atoms with Crippen molar-refractivity contribution in [1.29, 1.82) is 0 Å². The number of piperazine rings is 1. The van der Waals surface area contributed by atoms with Crippen LogP contribution in [0, 0.1) is 5.82 Å². The van der Waals surface area contributed by atoms with E-state index in [1.54, 1.807) is 17.0 Å². The van der Waals surface area contributed by atoms with Crippen LogP contribution in [-0.2, 0) is 4.79 Å². The number of amides is 1. The van der Waals surface area contributed by atoms with E-state index in [1.807, 2.05) is 30.3 Å². The summed E-state index contributed by atoms with van der Waals surface area (Å²) in [5, 5.41) is 8.71. The minimum Gasteiger partial charge on any atom is -0.481 e. The number of fused-ring (bicyclic) bond motifs is 1. The number of ether oxygens (including phenoxy) is 3. The third-order valence-corrected chi connectivity index (χ3v) is 5.46. The average molecular weight is 436 g/mol. The molecule has 0 unspecified atom stereocenters. The standard InChI is InChI=1S/C23H21FN4O4/c24-17-3-1-2-4-19(17)30-14-23(29)28-11-9-27(10-12-28)22-8-6-18(25-26-22)16-5-7-20-21(13-16)32-15-31-20/h1-8,13H,9-12,14-15H2. The van der Waals surface area contributed by atoms with Gasteiger partial charge in [-0.15, -0.1) is 10.2 Å². The lowest BCUT2D eigenvalue weighted by Gasteiger charge is -2.35. The normalized spacial score (nSPS) is 15.0. The van der Waals surface area contributed by atoms with E-state index in [2.05, 4.69) is 15.1 Å². The van der Waals surface area contributed by atoms with Gasteiger partial charge in [-0.3, -0.25) is 4.79 Å². The first-order valence-corrected chi connectivity index (χ1v) is 10.3. The molecule has 0 N–H and O–H groups in total. The van der Waals surface area contributed by atoms with Gasteiger partial charge in [0, 0.05) is 31.7 Å². The predicted molar refractivity (Wildman–Crippen MR) is 114 cm³/mol. The Morgan fingerprint density at radius 1 is 0.969 bits per heavy atom. The summed E-state index contributed by atoms with van der Waals surface area (Å²) in [4.78, 5) is 16.2. The Kier molecular flexibility index (Phi) is 5.45. The molecule has 0 atom stereocenters. The smallest absolute Gasteiger partial charge is 0.260 e. The minimum absolute atomic E-state index is 0.0808. The molecule has 1 fully saturated rings. The maximum absolute atomic E-state index is 13.6. The first-order chi connectivity index (χ1) is 15.7. The highest BCUT2D eigenvalue weighted by atomic mass is 19.1. The van der Waals surface area contributed by atoms with Crippen molar-refractivity contribution in [1.82, 2.24) is 15.1 Å². The molecule has 1 saturated heterocycles. The molecule has 2 aliphatic heterocycles. The van der Waals surface area contributed by atoms with Crippen molar-refractivity contribution >= 4 is 11.7 Å². The summed E-state index contributed by atoms with van der Waals surface area (Å²) in [5.74, 6) is 1.62. The molecular formula is C23H21FN4O4. The molecule has 8 nitrogen and oxygen atoms in total. The Morgan fingerprint density at radius 2 is 1.78 bits per heavy atom. The summed E-state index contributed by atoms with van der Waals surface area (Å²) in [6.45, 7) is 2.36. The molecule has 164 valence electrons. The van der Waals surface area contributed by atoms with Gasteiger partial charge in [0.15, 0.2) is 35.5 Å². The number of anilines is 1. The Labute approximate surface area is 184 Å². The van der Waals surface area contributed by atoms with Gasteiger partial charge in [-0.2, -0.15) is 0 Å². The van der Waals surface area contributed by atoms with Crippen molar-refractivity contribution in [3.63, 3.8) is 0 Å². The van der Waals surface area contributed by atoms with Crippen molar-refractivity contribution in [3.05, 3.63) is 60.4 Å². The van der Waals surface area contributed by atoms with Crippen LogP contribution in [-0.4, -0.2) is 60.6 Å². The summed E-state index contributed by atoms with van der Waals surface area (Å²) in [7, 11) is 0. The summed E-state index contributed by atoms with van der Waals surface area (Å²) in [5.41, 5.74) is 1.64. The first kappa shape index (κ1) is 20.0. The maximum atomic E-state index is 13.6. The van der Waals surface area contributed by atoms with E-state index in [1.165, 1.54) is 12.1 Å². The number of hydrogen-bond donors (Lipinski definition) is 0. The molecule has 1 amide bonds. The molecule has 32 heavy (non-hydrogen) atoms. The largest absolute Gasteiger partial charge is 0.481 e. The Hall–Kier alpha value is -3.88. The highest BCUT2D eigenvalue weighted by Gasteiger charge is 2.23. The number of carbonyl (C=O) groups is 1. The molecule has 9 heteroatoms. The molecule has 3 heterocycles. The number of nitrogens with zero attached hydrogens (tertiary/aromatic N) is 4. The van der Waals surface area contributed by atoms with Crippen LogP contribution in [0.15, 0.2) is 54.6 Å². The van der Waals surface area contributed by atoms with Gasteiger partial charge in [0.25, 0.3) is 5.91 Å². The van der Waals surface area contributed by atoms with Gasteiger partial charge in [-0.25, -0.2) is 4.39 Å². The lowest BCUT2D eigenvalue weighted by molar-refractivity contribution is -0.133. The molecule has 5 rings (SSSR count). The number of hydrogen-bond acceptors (Lipinski definition) is 7. The molecule has 2 aromatic carbocycles. The van der Waals surface area contributed by atoms with E-state index in [0.29, 0.717) is 31.9 Å². The zero-order chi connectivity index (χ0) is 21.9. The summed E-state index contributed by atoms with van der Waals surface area (Å²) >= 11 is 0. The quantitative estimate of drug-likeness (QED) is 0.609. The zero-order valence-corrected chi connectivity index (χ0v) is 17.2. The molecule has 0 radical (unpaired) electrons. The predicted octanol–water partition coefficient (Wildman–Crippen LogP) is 2.74. The fourth-order valence-corrected chi connectivity index (χ4v) is 3.68. The molecule has 0 saturated carbocycles. The number of halogens is 1. The fraction of sp³-hybridized carbons (Fsp3) is 0.261. The monoisotopic (exact) mass is 436 g/mol. The molecule has 0 aliphatic carbocycles. The van der Waals surface area contributed by atoms with Crippen LogP contribution in [0.5, 0.6) is 17.2 Å². The minimum atomic E-state index is -0.479. The molecular weight excluding hydrogens is 415 g/mol. The van der Waals surface area contributed by atoms with Gasteiger partial charge in [0.2, 0.25) is 6.79 Å². The van der Waals surface area contributed by atoms with E-state index >= 15 is 0 Å². The summed E-state index contributed by atoms with van der Waals surface area (Å²) in [6, 6.07) is 15.6. The molecule has 1 aromatic heterocycles. The van der Waals surface area contributed by atoms with Gasteiger partial charge >= 0.3 is 0 Å². The molecule has 0 spiro atoms. The van der Waals surface area contributed by atoms with Gasteiger partial charge in [-0.05, 0) is 42.5 Å². The lowest BCUT2D eigenvalue weighted by Crippen LogP contribution is -2.50. The summed E-state index contributed by atoms with van der Waals surface area (Å²) in [6.07, 6.45) is 0. The van der Waals surface area contributed by atoms with Crippen LogP contribution < -0.4 is 19.1 Å². The van der Waals surface area contributed by atoms with E-state index < -0.39 is 5.82 Å². The Balaban J connectivity index is 1.16. The second-order valence-electron chi connectivity index (χ2n) is 7.43. The fourth-order valence-electron chi connectivity index (χ4n) is 3.68. The second-order valence-corrected chi connectivity index (χ2v) is 7.43. The van der Waals surface area contributed by atoms with Gasteiger partial charge in [0.1, 0.15) is 0 Å². The zero-order valence-electron chi connectivity index (χ0n) is 17.2. The second kappa shape index (κ2) is 8.70. The Bertz CT molecular complexity index is 1120. The van der Waals surface area contributed by atoms with Crippen molar-refractivity contribution in [2.24, 2.45) is 0 Å². The van der Waals surface area contributed by atoms with Crippen molar-refractivity contribution < 1.29 is 23.4 Å². The number of aromatic nitrogens is 2. The van der Waals surface area contributed by atoms with E-state index in [0.717, 1.165) is 22.8 Å². The van der Waals surface area contributed by atoms with Crippen LogP contribution in [0.1, 0.15) is 0 Å². The number of benzene rings is 2. The average Bonchev–Trinajstić information content (AvgIpc) is 3.32. The van der Waals surface area contributed by atoms with Gasteiger partial charge in [0.05, 0.1) is 5.69 Å². The maximum Gasteiger partial charge on any atom is 0.260 e. The van der Waals surface area contributed by atoms with Crippen LogP contribution in [0.3, 0.4) is 0 Å². The van der Waals surface area contributed by atoms with Crippen LogP contribution in [0.25, 0.3) is 11.3 Å². The van der Waals surface area contributed by atoms with Gasteiger partial charge < -0.3 is 24.0 Å². The molecule has 3 aromatic rings. The van der Waals surface area contributed by atoms with Crippen molar-refractivity contribution in [2.45, 2.75) is 0 Å². The molecule has 2 aliphatic rings. The van der Waals surface area contributed by atoms with Crippen LogP contribution in [0.2, 0.25) is 0 Å².